The molecule has 0 radical (unpaired) electrons. The first kappa shape index (κ1) is 14.8. The Morgan fingerprint density at radius 2 is 2.10 bits per heavy atom. The van der Waals surface area contributed by atoms with Gasteiger partial charge in [-0.25, -0.2) is 13.4 Å². The van der Waals surface area contributed by atoms with E-state index in [0.29, 0.717) is 12.3 Å². The van der Waals surface area contributed by atoms with Gasteiger partial charge in [0.15, 0.2) is 0 Å². The van der Waals surface area contributed by atoms with Crippen LogP contribution >= 0.6 is 11.6 Å². The van der Waals surface area contributed by atoms with Crippen LogP contribution in [-0.2, 0) is 21.4 Å². The van der Waals surface area contributed by atoms with Gasteiger partial charge in [0.1, 0.15) is 10.0 Å². The molecule has 0 aliphatic heterocycles. The summed E-state index contributed by atoms with van der Waals surface area (Å²) in [4.78, 5) is 3.81. The molecule has 0 unspecified atom stereocenters. The summed E-state index contributed by atoms with van der Waals surface area (Å²) < 4.78 is 31.8. The van der Waals surface area contributed by atoms with E-state index in [1.165, 1.54) is 18.3 Å². The first-order valence-corrected chi connectivity index (χ1v) is 7.59. The Balaban J connectivity index is 2.24. The Morgan fingerprint density at radius 3 is 2.75 bits per heavy atom. The maximum absolute atomic E-state index is 12.2. The fourth-order valence-corrected chi connectivity index (χ4v) is 2.73. The van der Waals surface area contributed by atoms with E-state index >= 15 is 0 Å². The molecule has 1 heterocycles. The minimum atomic E-state index is -3.67. The van der Waals surface area contributed by atoms with Gasteiger partial charge in [0.05, 0.1) is 6.61 Å². The highest BCUT2D eigenvalue weighted by Crippen LogP contribution is 2.18. The molecule has 2 aromatic rings. The van der Waals surface area contributed by atoms with Crippen LogP contribution in [0.3, 0.4) is 0 Å². The van der Waals surface area contributed by atoms with Gasteiger partial charge in [-0.15, -0.1) is 0 Å². The second kappa shape index (κ2) is 6.21. The average molecular weight is 313 g/mol. The molecule has 1 aromatic heterocycles. The molecule has 0 spiro atoms. The quantitative estimate of drug-likeness (QED) is 0.862. The van der Waals surface area contributed by atoms with Crippen molar-refractivity contribution in [3.05, 3.63) is 53.3 Å². The predicted molar refractivity (Wildman–Crippen MR) is 77.2 cm³/mol. The van der Waals surface area contributed by atoms with E-state index in [4.69, 9.17) is 16.3 Å². The summed E-state index contributed by atoms with van der Waals surface area (Å²) in [7, 11) is -2.09. The second-order valence-electron chi connectivity index (χ2n) is 4.06. The van der Waals surface area contributed by atoms with Crippen LogP contribution in [0.5, 0.6) is 0 Å². The topological polar surface area (TPSA) is 68.3 Å². The number of hydrogen-bond donors (Lipinski definition) is 1. The van der Waals surface area contributed by atoms with Gasteiger partial charge in [0.25, 0.3) is 10.0 Å². The number of ether oxygens (including phenoxy) is 1. The summed E-state index contributed by atoms with van der Waals surface area (Å²) in [5.74, 6) is 0. The van der Waals surface area contributed by atoms with Crippen LogP contribution in [0, 0.1) is 0 Å². The van der Waals surface area contributed by atoms with Crippen LogP contribution in [0.1, 0.15) is 5.56 Å². The maximum atomic E-state index is 12.2. The highest BCUT2D eigenvalue weighted by molar-refractivity contribution is 7.92. The lowest BCUT2D eigenvalue weighted by molar-refractivity contribution is 0.185. The number of aromatic nitrogens is 1. The molecular formula is C13H13ClN2O3S. The van der Waals surface area contributed by atoms with Gasteiger partial charge < -0.3 is 4.74 Å². The molecule has 20 heavy (non-hydrogen) atoms. The van der Waals surface area contributed by atoms with Crippen LogP contribution < -0.4 is 4.72 Å². The largest absolute Gasteiger partial charge is 0.380 e. The van der Waals surface area contributed by atoms with Gasteiger partial charge in [0.2, 0.25) is 0 Å². The van der Waals surface area contributed by atoms with E-state index in [1.807, 2.05) is 6.07 Å². The van der Waals surface area contributed by atoms with Crippen molar-refractivity contribution in [3.8, 4) is 0 Å². The smallest absolute Gasteiger partial charge is 0.263 e. The first-order chi connectivity index (χ1) is 9.51. The fourth-order valence-electron chi connectivity index (χ4n) is 1.63. The third kappa shape index (κ3) is 3.69. The number of halogens is 1. The van der Waals surface area contributed by atoms with Gasteiger partial charge in [-0.05, 0) is 29.8 Å². The molecule has 0 saturated heterocycles. The summed E-state index contributed by atoms with van der Waals surface area (Å²) in [6.45, 7) is 0.415. The number of hydrogen-bond acceptors (Lipinski definition) is 4. The fraction of sp³-hybridized carbons (Fsp3) is 0.154. The van der Waals surface area contributed by atoms with Crippen molar-refractivity contribution in [2.75, 3.05) is 11.8 Å². The molecule has 0 aliphatic carbocycles. The molecule has 0 amide bonds. The van der Waals surface area contributed by atoms with Crippen molar-refractivity contribution < 1.29 is 13.2 Å². The number of nitrogens with zero attached hydrogens (tertiary/aromatic N) is 1. The van der Waals surface area contributed by atoms with Crippen molar-refractivity contribution in [2.24, 2.45) is 0 Å². The highest BCUT2D eigenvalue weighted by atomic mass is 35.5. The standard InChI is InChI=1S/C13H13ClN2O3S/c1-19-9-10-3-2-4-11(7-10)16-20(17,18)12-5-6-13(14)15-8-12/h2-8,16H,9H2,1H3. The zero-order valence-corrected chi connectivity index (χ0v) is 12.3. The second-order valence-corrected chi connectivity index (χ2v) is 6.13. The molecule has 0 fully saturated rings. The Hall–Kier alpha value is -1.63. The Labute approximate surface area is 122 Å². The van der Waals surface area contributed by atoms with E-state index in [2.05, 4.69) is 9.71 Å². The van der Waals surface area contributed by atoms with Crippen molar-refractivity contribution in [1.82, 2.24) is 4.98 Å². The summed E-state index contributed by atoms with van der Waals surface area (Å²) in [6.07, 6.45) is 1.21. The van der Waals surface area contributed by atoms with Gasteiger partial charge in [-0.2, -0.15) is 0 Å². The monoisotopic (exact) mass is 312 g/mol. The lowest BCUT2D eigenvalue weighted by Crippen LogP contribution is -2.13. The molecular weight excluding hydrogens is 300 g/mol. The molecule has 0 aliphatic rings. The summed E-state index contributed by atoms with van der Waals surface area (Å²) in [6, 6.07) is 9.82. The van der Waals surface area contributed by atoms with Crippen LogP contribution in [0.25, 0.3) is 0 Å². The zero-order valence-electron chi connectivity index (χ0n) is 10.7. The SMILES string of the molecule is COCc1cccc(NS(=O)(=O)c2ccc(Cl)nc2)c1. The summed E-state index contributed by atoms with van der Waals surface area (Å²) in [5.41, 5.74) is 1.34. The molecule has 7 heteroatoms. The Bertz CT molecular complexity index is 687. The van der Waals surface area contributed by atoms with Crippen LogP contribution in [0.4, 0.5) is 5.69 Å². The average Bonchev–Trinajstić information content (AvgIpc) is 2.39. The lowest BCUT2D eigenvalue weighted by Gasteiger charge is -2.09. The Morgan fingerprint density at radius 1 is 1.30 bits per heavy atom. The number of sulfonamides is 1. The highest BCUT2D eigenvalue weighted by Gasteiger charge is 2.14. The minimum Gasteiger partial charge on any atom is -0.380 e. The van der Waals surface area contributed by atoms with E-state index in [9.17, 15) is 8.42 Å². The Kier molecular flexibility index (Phi) is 4.59. The van der Waals surface area contributed by atoms with Crippen molar-refractivity contribution in [1.29, 1.82) is 0 Å². The third-order valence-corrected chi connectivity index (χ3v) is 4.09. The van der Waals surface area contributed by atoms with Crippen molar-refractivity contribution in [2.45, 2.75) is 11.5 Å². The number of nitrogens with one attached hydrogen (secondary N) is 1. The number of methoxy groups -OCH3 is 1. The predicted octanol–water partition coefficient (Wildman–Crippen LogP) is 2.68. The van der Waals surface area contributed by atoms with Gasteiger partial charge in [0, 0.05) is 19.0 Å². The van der Waals surface area contributed by atoms with Crippen molar-refractivity contribution in [3.63, 3.8) is 0 Å². The molecule has 0 saturated carbocycles. The van der Waals surface area contributed by atoms with Gasteiger partial charge >= 0.3 is 0 Å². The minimum absolute atomic E-state index is 0.0547. The van der Waals surface area contributed by atoms with Gasteiger partial charge in [-0.1, -0.05) is 23.7 Å². The lowest BCUT2D eigenvalue weighted by atomic mass is 10.2. The maximum Gasteiger partial charge on any atom is 0.263 e. The number of benzene rings is 1. The number of pyridine rings is 1. The zero-order chi connectivity index (χ0) is 14.6. The normalized spacial score (nSPS) is 11.3. The molecule has 2 rings (SSSR count). The summed E-state index contributed by atoms with van der Waals surface area (Å²) in [5, 5.41) is 0.242. The molecule has 1 N–H and O–H groups in total. The molecule has 1 aromatic carbocycles. The molecule has 5 nitrogen and oxygen atoms in total. The third-order valence-electron chi connectivity index (χ3n) is 2.50. The van der Waals surface area contributed by atoms with E-state index in [0.717, 1.165) is 5.56 Å². The van der Waals surface area contributed by atoms with Crippen molar-refractivity contribution >= 4 is 27.3 Å². The van der Waals surface area contributed by atoms with E-state index < -0.39 is 10.0 Å². The molecule has 0 atom stereocenters. The number of rotatable bonds is 5. The molecule has 0 bridgehead atoms. The molecule has 106 valence electrons. The van der Waals surface area contributed by atoms with Crippen LogP contribution in [0.2, 0.25) is 5.15 Å². The van der Waals surface area contributed by atoms with Crippen LogP contribution in [-0.4, -0.2) is 20.5 Å². The number of anilines is 1. The summed E-state index contributed by atoms with van der Waals surface area (Å²) >= 11 is 5.64. The van der Waals surface area contributed by atoms with E-state index in [-0.39, 0.29) is 10.0 Å². The first-order valence-electron chi connectivity index (χ1n) is 5.73. The van der Waals surface area contributed by atoms with Gasteiger partial charge in [-0.3, -0.25) is 4.72 Å². The van der Waals surface area contributed by atoms with E-state index in [1.54, 1.807) is 25.3 Å². The van der Waals surface area contributed by atoms with Crippen LogP contribution in [0.15, 0.2) is 47.5 Å².